The van der Waals surface area contributed by atoms with Gasteiger partial charge in [-0.15, -0.1) is 0 Å². The highest BCUT2D eigenvalue weighted by Crippen LogP contribution is 2.53. The highest BCUT2D eigenvalue weighted by atomic mass is 16.3. The number of hydrogen-bond acceptors (Lipinski definition) is 7. The van der Waals surface area contributed by atoms with Crippen LogP contribution in [0.15, 0.2) is 97.1 Å². The summed E-state index contributed by atoms with van der Waals surface area (Å²) in [4.78, 5) is 40.3. The predicted molar refractivity (Wildman–Crippen MR) is 220 cm³/mol. The maximum Gasteiger partial charge on any atom is 0.256 e. The zero-order chi connectivity index (χ0) is 38.0. The molecule has 1 unspecified atom stereocenters. The lowest BCUT2D eigenvalue weighted by Gasteiger charge is -2.48. The minimum atomic E-state index is -0.351. The second-order valence-corrected chi connectivity index (χ2v) is 17.8. The lowest BCUT2D eigenvalue weighted by molar-refractivity contribution is -0.124. The number of Topliss-reactive ketones (excluding diaryl/α,β-unsaturated/α-hetero) is 1. The van der Waals surface area contributed by atoms with Crippen molar-refractivity contribution in [3.05, 3.63) is 131 Å². The van der Waals surface area contributed by atoms with Gasteiger partial charge in [0.2, 0.25) is 0 Å². The zero-order valence-corrected chi connectivity index (χ0v) is 32.4. The molecule has 3 atom stereocenters. The molecule has 0 radical (unpaired) electrons. The van der Waals surface area contributed by atoms with Crippen LogP contribution in [0.2, 0.25) is 0 Å². The van der Waals surface area contributed by atoms with E-state index < -0.39 is 0 Å². The summed E-state index contributed by atoms with van der Waals surface area (Å²) in [6, 6.07) is 30.0. The summed E-state index contributed by atoms with van der Waals surface area (Å²) in [5, 5.41) is 10.2. The van der Waals surface area contributed by atoms with Crippen LogP contribution < -0.4 is 9.80 Å². The number of nitrogens with zero attached hydrogens (tertiary/aromatic N) is 5. The Morgan fingerprint density at radius 2 is 1.62 bits per heavy atom. The SMILES string of the molecule is C=C1CCC(N2Cc3nc(N4CCN(CC5CC6(CCN(c7ccc([C@@H]8c9ccc(O)cc9CC[C@@H]8c8ccccc8)cc7)C6)C5)CC4)ccc3C2=O)C(=O)C1. The number of carbonyl (C=O) groups is 2. The van der Waals surface area contributed by atoms with E-state index in [-0.39, 0.29) is 23.7 Å². The van der Waals surface area contributed by atoms with Gasteiger partial charge < -0.3 is 19.8 Å². The number of aryl methyl sites for hydroxylation is 1. The van der Waals surface area contributed by atoms with Gasteiger partial charge in [0.1, 0.15) is 11.6 Å². The largest absolute Gasteiger partial charge is 0.508 e. The molecule has 1 spiro atoms. The monoisotopic (exact) mass is 747 g/mol. The number of hydrogen-bond donors (Lipinski definition) is 1. The van der Waals surface area contributed by atoms with E-state index in [9.17, 15) is 14.7 Å². The minimum Gasteiger partial charge on any atom is -0.508 e. The molecule has 8 nitrogen and oxygen atoms in total. The maximum atomic E-state index is 13.2. The van der Waals surface area contributed by atoms with Gasteiger partial charge in [0.15, 0.2) is 5.78 Å². The van der Waals surface area contributed by atoms with Crippen LogP contribution in [-0.2, 0) is 17.8 Å². The summed E-state index contributed by atoms with van der Waals surface area (Å²) >= 11 is 0. The van der Waals surface area contributed by atoms with Crippen molar-refractivity contribution in [3.63, 3.8) is 0 Å². The molecular formula is C48H53N5O3. The van der Waals surface area contributed by atoms with Crippen LogP contribution >= 0.6 is 0 Å². The number of amides is 1. The number of phenolic OH excluding ortho intramolecular Hbond substituents is 1. The normalized spacial score (nSPS) is 27.8. The highest BCUT2D eigenvalue weighted by molar-refractivity contribution is 6.01. The van der Waals surface area contributed by atoms with Crippen LogP contribution in [0.5, 0.6) is 5.75 Å². The highest BCUT2D eigenvalue weighted by Gasteiger charge is 2.49. The third-order valence-electron chi connectivity index (χ3n) is 14.2. The molecule has 2 saturated heterocycles. The lowest BCUT2D eigenvalue weighted by Crippen LogP contribution is -2.51. The zero-order valence-electron chi connectivity index (χ0n) is 32.4. The molecule has 1 aromatic heterocycles. The Morgan fingerprint density at radius 1 is 0.821 bits per heavy atom. The molecule has 10 rings (SSSR count). The molecule has 8 heteroatoms. The number of aromatic hydroxyl groups is 1. The van der Waals surface area contributed by atoms with Gasteiger partial charge in [-0.3, -0.25) is 14.5 Å². The van der Waals surface area contributed by atoms with E-state index in [2.05, 4.69) is 81.9 Å². The van der Waals surface area contributed by atoms with Crippen LogP contribution in [0.4, 0.5) is 11.5 Å². The number of pyridine rings is 1. The molecule has 2 saturated carbocycles. The third-order valence-corrected chi connectivity index (χ3v) is 14.2. The molecule has 56 heavy (non-hydrogen) atoms. The molecule has 3 aliphatic heterocycles. The fourth-order valence-electron chi connectivity index (χ4n) is 11.4. The van der Waals surface area contributed by atoms with E-state index in [1.165, 1.54) is 53.7 Å². The number of fused-ring (bicyclic) bond motifs is 2. The Balaban J connectivity index is 0.725. The van der Waals surface area contributed by atoms with Crippen LogP contribution in [0.25, 0.3) is 0 Å². The smallest absolute Gasteiger partial charge is 0.256 e. The van der Waals surface area contributed by atoms with Gasteiger partial charge in [-0.1, -0.05) is 60.7 Å². The minimum absolute atomic E-state index is 0.0576. The first-order valence-corrected chi connectivity index (χ1v) is 21.0. The first kappa shape index (κ1) is 35.5. The first-order valence-electron chi connectivity index (χ1n) is 21.0. The van der Waals surface area contributed by atoms with Crippen LogP contribution in [0, 0.1) is 11.3 Å². The average molecular weight is 748 g/mol. The van der Waals surface area contributed by atoms with Crippen LogP contribution in [0.1, 0.15) is 95.1 Å². The van der Waals surface area contributed by atoms with Crippen molar-refractivity contribution < 1.29 is 14.7 Å². The second-order valence-electron chi connectivity index (χ2n) is 17.8. The molecule has 3 aliphatic carbocycles. The Labute approximate surface area is 330 Å². The fourth-order valence-corrected chi connectivity index (χ4v) is 11.4. The molecular weight excluding hydrogens is 695 g/mol. The number of aromatic nitrogens is 1. The van der Waals surface area contributed by atoms with Crippen molar-refractivity contribution in [2.75, 3.05) is 55.6 Å². The number of phenols is 1. The lowest BCUT2D eigenvalue weighted by atomic mass is 9.61. The summed E-state index contributed by atoms with van der Waals surface area (Å²) in [6.45, 7) is 11.8. The topological polar surface area (TPSA) is 80.2 Å². The average Bonchev–Trinajstić information content (AvgIpc) is 3.79. The second kappa shape index (κ2) is 14.2. The molecule has 288 valence electrons. The van der Waals surface area contributed by atoms with Crippen LogP contribution in [0.3, 0.4) is 0 Å². The molecule has 4 fully saturated rings. The van der Waals surface area contributed by atoms with Gasteiger partial charge >= 0.3 is 0 Å². The van der Waals surface area contributed by atoms with Gasteiger partial charge in [-0.05, 0) is 121 Å². The van der Waals surface area contributed by atoms with Crippen molar-refractivity contribution in [3.8, 4) is 5.75 Å². The van der Waals surface area contributed by atoms with E-state index >= 15 is 0 Å². The van der Waals surface area contributed by atoms with E-state index in [1.807, 2.05) is 24.3 Å². The quantitative estimate of drug-likeness (QED) is 0.194. The van der Waals surface area contributed by atoms with Crippen molar-refractivity contribution in [2.45, 2.75) is 75.8 Å². The van der Waals surface area contributed by atoms with E-state index in [1.54, 1.807) is 4.90 Å². The van der Waals surface area contributed by atoms with Gasteiger partial charge in [-0.25, -0.2) is 4.98 Å². The number of piperazine rings is 1. The number of allylic oxidation sites excluding steroid dienone is 1. The summed E-state index contributed by atoms with van der Waals surface area (Å²) in [5.41, 5.74) is 9.60. The molecule has 4 heterocycles. The van der Waals surface area contributed by atoms with Gasteiger partial charge in [0.25, 0.3) is 5.91 Å². The number of rotatable bonds is 7. The van der Waals surface area contributed by atoms with E-state index in [0.29, 0.717) is 42.0 Å². The molecule has 1 amide bonds. The number of ketones is 1. The van der Waals surface area contributed by atoms with Crippen molar-refractivity contribution >= 4 is 23.2 Å². The van der Waals surface area contributed by atoms with Gasteiger partial charge in [0, 0.05) is 63.8 Å². The molecule has 0 bridgehead atoms. The van der Waals surface area contributed by atoms with Gasteiger partial charge in [-0.2, -0.15) is 0 Å². The molecule has 3 aromatic carbocycles. The van der Waals surface area contributed by atoms with Crippen LogP contribution in [-0.4, -0.2) is 83.4 Å². The Kier molecular flexibility index (Phi) is 9.00. The standard InChI is InChI=1S/C48H53N5O3/c1-32-7-17-43(44(55)25-32)53-30-42-41(47(53)56)16-18-45(49-42)51-23-21-50(22-24-51)29-33-27-48(28-33)19-20-52(31-48)37-11-8-35(9-12-37)46-39(34-5-3-2-4-6-34)14-10-36-26-38(54)13-15-40(36)46/h2-6,8-9,11-13,15-16,18,26,33,39,43,46,54H,1,7,10,14,17,19-25,27-31H2/t33?,39-,43?,46+,48?/m1/s1. The molecule has 1 N–H and O–H groups in total. The van der Waals surface area contributed by atoms with Crippen molar-refractivity contribution in [1.82, 2.24) is 14.8 Å². The van der Waals surface area contributed by atoms with Crippen molar-refractivity contribution in [2.24, 2.45) is 11.3 Å². The van der Waals surface area contributed by atoms with E-state index in [4.69, 9.17) is 4.98 Å². The number of carbonyl (C=O) groups excluding carboxylic acids is 2. The summed E-state index contributed by atoms with van der Waals surface area (Å²) < 4.78 is 0. The number of anilines is 2. The van der Waals surface area contributed by atoms with Crippen molar-refractivity contribution in [1.29, 1.82) is 0 Å². The summed E-state index contributed by atoms with van der Waals surface area (Å²) in [6.07, 6.45) is 7.84. The molecule has 4 aromatic rings. The van der Waals surface area contributed by atoms with Gasteiger partial charge in [0.05, 0.1) is 23.8 Å². The van der Waals surface area contributed by atoms with E-state index in [0.717, 1.165) is 81.5 Å². The first-order chi connectivity index (χ1) is 27.3. The predicted octanol–water partition coefficient (Wildman–Crippen LogP) is 7.71. The fraction of sp³-hybridized carbons (Fsp3) is 0.438. The molecule has 6 aliphatic rings. The summed E-state index contributed by atoms with van der Waals surface area (Å²) in [7, 11) is 0. The maximum absolute atomic E-state index is 13.2. The third kappa shape index (κ3) is 6.49. The Bertz CT molecular complexity index is 2150. The Hall–Kier alpha value is -4.95. The summed E-state index contributed by atoms with van der Waals surface area (Å²) in [5.74, 6) is 2.81. The number of benzene rings is 3. The Morgan fingerprint density at radius 3 is 2.41 bits per heavy atom.